The van der Waals surface area contributed by atoms with Gasteiger partial charge in [0, 0.05) is 11.3 Å². The van der Waals surface area contributed by atoms with E-state index in [0.29, 0.717) is 5.56 Å². The van der Waals surface area contributed by atoms with E-state index in [9.17, 15) is 40.6 Å². The molecule has 1 aliphatic rings. The summed E-state index contributed by atoms with van der Waals surface area (Å²) in [7, 11) is -5.68. The van der Waals surface area contributed by atoms with Crippen LogP contribution in [0.3, 0.4) is 0 Å². The molecule has 0 atom stereocenters. The minimum atomic E-state index is -5.19. The smallest absolute Gasteiger partial charge is 0.466 e. The number of nitrogens with one attached hydrogen (secondary N) is 1. The number of benzene rings is 2. The second kappa shape index (κ2) is 9.72. The van der Waals surface area contributed by atoms with Crippen molar-refractivity contribution in [3.05, 3.63) is 52.8 Å². The van der Waals surface area contributed by atoms with Crippen LogP contribution in [0.1, 0.15) is 23.6 Å². The summed E-state index contributed by atoms with van der Waals surface area (Å²) >= 11 is 0. The van der Waals surface area contributed by atoms with Gasteiger partial charge < -0.3 is 19.7 Å². The van der Waals surface area contributed by atoms with Gasteiger partial charge in [-0.3, -0.25) is 9.59 Å². The number of rotatable bonds is 7. The summed E-state index contributed by atoms with van der Waals surface area (Å²) in [6.45, 7) is 1.43. The second-order valence-electron chi connectivity index (χ2n) is 7.32. The van der Waals surface area contributed by atoms with Gasteiger partial charge in [-0.15, -0.1) is 0 Å². The standard InChI is InChI=1S/C20H18BF4NO7S/c1-2-32-18(27)8-11-5-14(26-19(28)20(23,24)25)3-4-17(11)34(30,31)10-13-6-15-12(7-16(13)22)9-33-21(15)29/h3-7,29H,2,8-10H2,1H3,(H,26,28). The van der Waals surface area contributed by atoms with Gasteiger partial charge in [0.1, 0.15) is 5.82 Å². The first kappa shape index (κ1) is 25.7. The van der Waals surface area contributed by atoms with Crippen molar-refractivity contribution >= 4 is 40.0 Å². The fourth-order valence-electron chi connectivity index (χ4n) is 3.35. The van der Waals surface area contributed by atoms with Crippen molar-refractivity contribution in [1.82, 2.24) is 0 Å². The maximum Gasteiger partial charge on any atom is 0.491 e. The number of amides is 1. The summed E-state index contributed by atoms with van der Waals surface area (Å²) < 4.78 is 88.2. The molecule has 0 unspecified atom stereocenters. The van der Waals surface area contributed by atoms with E-state index in [1.54, 1.807) is 5.32 Å². The molecule has 3 rings (SSSR count). The van der Waals surface area contributed by atoms with E-state index in [2.05, 4.69) is 0 Å². The quantitative estimate of drug-likeness (QED) is 0.335. The monoisotopic (exact) mass is 503 g/mol. The Bertz CT molecular complexity index is 1230. The molecule has 0 saturated heterocycles. The van der Waals surface area contributed by atoms with Crippen LogP contribution in [0, 0.1) is 5.82 Å². The minimum absolute atomic E-state index is 0.0316. The molecule has 1 heterocycles. The Hall–Kier alpha value is -2.97. The van der Waals surface area contributed by atoms with E-state index in [0.717, 1.165) is 30.3 Å². The highest BCUT2D eigenvalue weighted by atomic mass is 32.2. The van der Waals surface area contributed by atoms with Gasteiger partial charge in [-0.05, 0) is 47.8 Å². The maximum absolute atomic E-state index is 14.5. The van der Waals surface area contributed by atoms with Crippen molar-refractivity contribution in [3.8, 4) is 0 Å². The van der Waals surface area contributed by atoms with Crippen molar-refractivity contribution in [3.63, 3.8) is 0 Å². The number of carbonyl (C=O) groups is 2. The summed E-state index contributed by atoms with van der Waals surface area (Å²) in [5.41, 5.74) is -0.352. The first-order chi connectivity index (χ1) is 15.8. The van der Waals surface area contributed by atoms with Crippen molar-refractivity contribution in [2.24, 2.45) is 0 Å². The van der Waals surface area contributed by atoms with E-state index in [1.165, 1.54) is 6.92 Å². The molecule has 1 amide bonds. The second-order valence-corrected chi connectivity index (χ2v) is 9.28. The summed E-state index contributed by atoms with van der Waals surface area (Å²) in [5, 5.41) is 11.4. The fourth-order valence-corrected chi connectivity index (χ4v) is 4.95. The van der Waals surface area contributed by atoms with Crippen LogP contribution in [-0.2, 0) is 47.6 Å². The number of anilines is 1. The predicted molar refractivity (Wildman–Crippen MR) is 111 cm³/mol. The number of carbonyl (C=O) groups excluding carboxylic acids is 2. The first-order valence-corrected chi connectivity index (χ1v) is 11.5. The molecule has 2 aromatic rings. The average Bonchev–Trinajstić information content (AvgIpc) is 3.07. The van der Waals surface area contributed by atoms with Gasteiger partial charge in [0.15, 0.2) is 9.84 Å². The molecule has 1 aliphatic heterocycles. The predicted octanol–water partition coefficient (Wildman–Crippen LogP) is 1.62. The largest absolute Gasteiger partial charge is 0.491 e. The zero-order valence-electron chi connectivity index (χ0n) is 17.6. The third-order valence-electron chi connectivity index (χ3n) is 4.87. The lowest BCUT2D eigenvalue weighted by atomic mass is 9.79. The van der Waals surface area contributed by atoms with E-state index in [1.807, 2.05) is 0 Å². The molecule has 182 valence electrons. The van der Waals surface area contributed by atoms with Crippen LogP contribution in [0.2, 0.25) is 0 Å². The zero-order valence-corrected chi connectivity index (χ0v) is 18.4. The molecule has 0 spiro atoms. The number of halogens is 4. The van der Waals surface area contributed by atoms with Gasteiger partial charge in [-0.1, -0.05) is 6.07 Å². The maximum atomic E-state index is 14.5. The number of ether oxygens (including phenoxy) is 1. The van der Waals surface area contributed by atoms with Crippen LogP contribution >= 0.6 is 0 Å². The normalized spacial score (nSPS) is 13.5. The Kier molecular flexibility index (Phi) is 7.34. The SMILES string of the molecule is CCOC(=O)Cc1cc(NC(=O)C(F)(F)F)ccc1S(=O)(=O)Cc1cc2c(cc1F)COB2O. The number of sulfone groups is 1. The Morgan fingerprint density at radius 1 is 1.21 bits per heavy atom. The average molecular weight is 503 g/mol. The van der Waals surface area contributed by atoms with Crippen LogP contribution < -0.4 is 10.8 Å². The molecule has 0 aromatic heterocycles. The van der Waals surface area contributed by atoms with Crippen LogP contribution in [0.15, 0.2) is 35.2 Å². The molecule has 2 N–H and O–H groups in total. The zero-order chi connectivity index (χ0) is 25.3. The van der Waals surface area contributed by atoms with Crippen LogP contribution in [0.25, 0.3) is 0 Å². The highest BCUT2D eigenvalue weighted by Crippen LogP contribution is 2.27. The number of esters is 1. The fraction of sp³-hybridized carbons (Fsp3) is 0.300. The molecule has 34 heavy (non-hydrogen) atoms. The third-order valence-corrected chi connectivity index (χ3v) is 6.63. The van der Waals surface area contributed by atoms with Crippen LogP contribution in [-0.4, -0.2) is 45.2 Å². The summed E-state index contributed by atoms with van der Waals surface area (Å²) in [4.78, 5) is 22.8. The van der Waals surface area contributed by atoms with E-state index < -0.39 is 63.6 Å². The van der Waals surface area contributed by atoms with E-state index in [4.69, 9.17) is 9.39 Å². The third kappa shape index (κ3) is 5.74. The minimum Gasteiger partial charge on any atom is -0.466 e. The van der Waals surface area contributed by atoms with Crippen LogP contribution in [0.4, 0.5) is 23.2 Å². The Morgan fingerprint density at radius 2 is 1.91 bits per heavy atom. The first-order valence-electron chi connectivity index (χ1n) is 9.82. The molecule has 0 bridgehead atoms. The topological polar surface area (TPSA) is 119 Å². The lowest BCUT2D eigenvalue weighted by Crippen LogP contribution is -2.30. The molecule has 0 saturated carbocycles. The van der Waals surface area contributed by atoms with Gasteiger partial charge in [-0.25, -0.2) is 12.8 Å². The van der Waals surface area contributed by atoms with Gasteiger partial charge >= 0.3 is 25.2 Å². The number of hydrogen-bond acceptors (Lipinski definition) is 7. The van der Waals surface area contributed by atoms with E-state index in [-0.39, 0.29) is 29.8 Å². The van der Waals surface area contributed by atoms with Crippen molar-refractivity contribution in [2.45, 2.75) is 36.8 Å². The number of fused-ring (bicyclic) bond motifs is 1. The highest BCUT2D eigenvalue weighted by molar-refractivity contribution is 7.90. The molecule has 8 nitrogen and oxygen atoms in total. The van der Waals surface area contributed by atoms with Gasteiger partial charge in [0.05, 0.1) is 30.3 Å². The molecule has 0 radical (unpaired) electrons. The van der Waals surface area contributed by atoms with Crippen molar-refractivity contribution in [2.75, 3.05) is 11.9 Å². The number of hydrogen-bond donors (Lipinski definition) is 2. The summed E-state index contributed by atoms with van der Waals surface area (Å²) in [6.07, 6.45) is -5.82. The lowest BCUT2D eigenvalue weighted by Gasteiger charge is -2.14. The summed E-state index contributed by atoms with van der Waals surface area (Å²) in [6, 6.07) is 4.94. The van der Waals surface area contributed by atoms with Crippen molar-refractivity contribution in [1.29, 1.82) is 0 Å². The summed E-state index contributed by atoms with van der Waals surface area (Å²) in [5.74, 6) is -4.88. The van der Waals surface area contributed by atoms with Crippen molar-refractivity contribution < 1.29 is 50.0 Å². The van der Waals surface area contributed by atoms with Crippen LogP contribution in [0.5, 0.6) is 0 Å². The Morgan fingerprint density at radius 3 is 2.56 bits per heavy atom. The highest BCUT2D eigenvalue weighted by Gasteiger charge is 2.39. The Balaban J connectivity index is 1.98. The lowest BCUT2D eigenvalue weighted by molar-refractivity contribution is -0.167. The molecule has 2 aromatic carbocycles. The Labute approximate surface area is 191 Å². The molecule has 0 fully saturated rings. The van der Waals surface area contributed by atoms with Gasteiger partial charge in [-0.2, -0.15) is 13.2 Å². The molecule has 0 aliphatic carbocycles. The number of alkyl halides is 3. The molecular weight excluding hydrogens is 485 g/mol. The molecule has 14 heteroatoms. The van der Waals surface area contributed by atoms with E-state index >= 15 is 0 Å². The van der Waals surface area contributed by atoms with Gasteiger partial charge in [0.25, 0.3) is 0 Å². The molecular formula is C20H18BF4NO7S. The van der Waals surface area contributed by atoms with Gasteiger partial charge in [0.2, 0.25) is 0 Å².